The molecule has 1 aliphatic rings. The van der Waals surface area contributed by atoms with Gasteiger partial charge in [0.1, 0.15) is 11.4 Å². The molecule has 6 nitrogen and oxygen atoms in total. The highest BCUT2D eigenvalue weighted by molar-refractivity contribution is 5.97. The lowest BCUT2D eigenvalue weighted by Crippen LogP contribution is -2.46. The van der Waals surface area contributed by atoms with E-state index in [-0.39, 0.29) is 30.1 Å². The molecule has 2 rings (SSSR count). The van der Waals surface area contributed by atoms with Gasteiger partial charge in [0.05, 0.1) is 6.42 Å². The molecule has 150 valence electrons. The number of rotatable bonds is 8. The number of hydrogen-bond donors (Lipinski definition) is 1. The zero-order valence-corrected chi connectivity index (χ0v) is 16.8. The van der Waals surface area contributed by atoms with Gasteiger partial charge in [-0.25, -0.2) is 0 Å². The van der Waals surface area contributed by atoms with Gasteiger partial charge in [0.15, 0.2) is 0 Å². The highest BCUT2D eigenvalue weighted by Crippen LogP contribution is 2.27. The van der Waals surface area contributed by atoms with Gasteiger partial charge in [-0.05, 0) is 70.7 Å². The smallest absolute Gasteiger partial charge is 0.308 e. The molecular formula is C21H31NO5. The van der Waals surface area contributed by atoms with Crippen LogP contribution in [0.15, 0.2) is 18.2 Å². The Hall–Kier alpha value is -2.08. The highest BCUT2D eigenvalue weighted by atomic mass is 16.6. The van der Waals surface area contributed by atoms with Gasteiger partial charge in [0, 0.05) is 31.4 Å². The summed E-state index contributed by atoms with van der Waals surface area (Å²) in [6, 6.07) is 4.60. The molecule has 1 heterocycles. The Morgan fingerprint density at radius 1 is 1.33 bits per heavy atom. The van der Waals surface area contributed by atoms with Gasteiger partial charge in [-0.1, -0.05) is 0 Å². The molecule has 1 aromatic rings. The average molecular weight is 377 g/mol. The van der Waals surface area contributed by atoms with Gasteiger partial charge < -0.3 is 19.5 Å². The van der Waals surface area contributed by atoms with Crippen molar-refractivity contribution in [1.82, 2.24) is 4.90 Å². The van der Waals surface area contributed by atoms with Crippen LogP contribution in [-0.4, -0.2) is 53.3 Å². The molecule has 0 spiro atoms. The van der Waals surface area contributed by atoms with Crippen molar-refractivity contribution in [3.63, 3.8) is 0 Å². The number of phenols is 1. The first kappa shape index (κ1) is 21.2. The number of benzene rings is 1. The predicted octanol–water partition coefficient (Wildman–Crippen LogP) is 3.31. The second-order valence-electron chi connectivity index (χ2n) is 7.87. The van der Waals surface area contributed by atoms with Crippen LogP contribution in [0.2, 0.25) is 0 Å². The summed E-state index contributed by atoms with van der Waals surface area (Å²) in [6.07, 6.45) is 2.28. The van der Waals surface area contributed by atoms with Gasteiger partial charge in [0.25, 0.3) is 5.91 Å². The summed E-state index contributed by atoms with van der Waals surface area (Å²) in [5.41, 5.74) is 0.892. The number of esters is 1. The van der Waals surface area contributed by atoms with Crippen molar-refractivity contribution in [2.45, 2.75) is 65.0 Å². The van der Waals surface area contributed by atoms with Crippen molar-refractivity contribution in [3.05, 3.63) is 29.3 Å². The summed E-state index contributed by atoms with van der Waals surface area (Å²) in [7, 11) is 0. The first-order valence-corrected chi connectivity index (χ1v) is 9.63. The molecule has 0 bridgehead atoms. The van der Waals surface area contributed by atoms with Crippen molar-refractivity contribution in [3.8, 4) is 5.75 Å². The minimum Gasteiger partial charge on any atom is -0.508 e. The van der Waals surface area contributed by atoms with Crippen molar-refractivity contribution < 1.29 is 24.2 Å². The van der Waals surface area contributed by atoms with E-state index in [9.17, 15) is 14.7 Å². The number of ether oxygens (including phenoxy) is 2. The lowest BCUT2D eigenvalue weighted by Gasteiger charge is -2.36. The fraction of sp³-hybridized carbons (Fsp3) is 0.619. The standard InChI is InChI=1S/C21H31NO5/c1-5-26-12-6-7-16(14-19(24)27-21(2,3)4)22-11-10-15-13-17(23)8-9-18(15)20(22)25/h8-9,13,16,23H,5-7,10-12,14H2,1-4H3. The minimum atomic E-state index is -0.553. The van der Waals surface area contributed by atoms with E-state index in [2.05, 4.69) is 0 Å². The van der Waals surface area contributed by atoms with Gasteiger partial charge in [0.2, 0.25) is 0 Å². The number of nitrogens with zero attached hydrogens (tertiary/aromatic N) is 1. The second-order valence-corrected chi connectivity index (χ2v) is 7.87. The summed E-state index contributed by atoms with van der Waals surface area (Å²) >= 11 is 0. The lowest BCUT2D eigenvalue weighted by atomic mass is 9.95. The molecule has 0 radical (unpaired) electrons. The fourth-order valence-electron chi connectivity index (χ4n) is 3.35. The Labute approximate surface area is 161 Å². The van der Waals surface area contributed by atoms with Crippen LogP contribution >= 0.6 is 0 Å². The molecule has 1 unspecified atom stereocenters. The molecule has 1 atom stereocenters. The number of phenolic OH excluding ortho intramolecular Hbond substituents is 1. The molecule has 1 aromatic carbocycles. The van der Waals surface area contributed by atoms with Gasteiger partial charge in [-0.15, -0.1) is 0 Å². The summed E-state index contributed by atoms with van der Waals surface area (Å²) in [4.78, 5) is 27.1. The maximum Gasteiger partial charge on any atom is 0.308 e. The van der Waals surface area contributed by atoms with Crippen LogP contribution in [0.5, 0.6) is 5.75 Å². The molecule has 1 aliphatic heterocycles. The van der Waals surface area contributed by atoms with Crippen LogP contribution in [-0.2, 0) is 20.7 Å². The van der Waals surface area contributed by atoms with E-state index in [0.29, 0.717) is 38.2 Å². The maximum absolute atomic E-state index is 13.0. The van der Waals surface area contributed by atoms with Crippen LogP contribution in [0, 0.1) is 0 Å². The fourth-order valence-corrected chi connectivity index (χ4v) is 3.35. The largest absolute Gasteiger partial charge is 0.508 e. The normalized spacial score (nSPS) is 15.4. The number of carbonyl (C=O) groups excluding carboxylic acids is 2. The van der Waals surface area contributed by atoms with Crippen LogP contribution in [0.25, 0.3) is 0 Å². The maximum atomic E-state index is 13.0. The number of aromatic hydroxyl groups is 1. The third kappa shape index (κ3) is 6.24. The monoisotopic (exact) mass is 377 g/mol. The van der Waals surface area contributed by atoms with Crippen LogP contribution in [0.3, 0.4) is 0 Å². The predicted molar refractivity (Wildman–Crippen MR) is 103 cm³/mol. The van der Waals surface area contributed by atoms with E-state index in [1.165, 1.54) is 6.07 Å². The Balaban J connectivity index is 2.13. The SMILES string of the molecule is CCOCCCC(CC(=O)OC(C)(C)C)N1CCc2cc(O)ccc2C1=O. The molecule has 0 aliphatic carbocycles. The molecule has 6 heteroatoms. The molecule has 27 heavy (non-hydrogen) atoms. The number of fused-ring (bicyclic) bond motifs is 1. The first-order valence-electron chi connectivity index (χ1n) is 9.63. The van der Waals surface area contributed by atoms with E-state index >= 15 is 0 Å². The van der Waals surface area contributed by atoms with E-state index in [0.717, 1.165) is 12.0 Å². The van der Waals surface area contributed by atoms with E-state index < -0.39 is 5.60 Å². The van der Waals surface area contributed by atoms with Crippen molar-refractivity contribution >= 4 is 11.9 Å². The lowest BCUT2D eigenvalue weighted by molar-refractivity contribution is -0.156. The van der Waals surface area contributed by atoms with Crippen molar-refractivity contribution in [2.75, 3.05) is 19.8 Å². The molecule has 1 N–H and O–H groups in total. The number of hydrogen-bond acceptors (Lipinski definition) is 5. The highest BCUT2D eigenvalue weighted by Gasteiger charge is 2.32. The number of carbonyl (C=O) groups is 2. The topological polar surface area (TPSA) is 76.1 Å². The molecule has 0 aromatic heterocycles. The minimum absolute atomic E-state index is 0.0961. The summed E-state index contributed by atoms with van der Waals surface area (Å²) in [5, 5.41) is 9.64. The first-order chi connectivity index (χ1) is 12.7. The molecule has 0 saturated heterocycles. The van der Waals surface area contributed by atoms with Crippen LogP contribution in [0.1, 0.15) is 62.9 Å². The Bertz CT molecular complexity index is 665. The third-order valence-corrected chi connectivity index (χ3v) is 4.50. The van der Waals surface area contributed by atoms with Crippen LogP contribution < -0.4 is 0 Å². The number of amides is 1. The zero-order valence-electron chi connectivity index (χ0n) is 16.8. The Morgan fingerprint density at radius 3 is 2.74 bits per heavy atom. The van der Waals surface area contributed by atoms with Gasteiger partial charge in [-0.2, -0.15) is 0 Å². The van der Waals surface area contributed by atoms with Crippen molar-refractivity contribution in [1.29, 1.82) is 0 Å². The molecule has 0 fully saturated rings. The third-order valence-electron chi connectivity index (χ3n) is 4.50. The Morgan fingerprint density at radius 2 is 2.07 bits per heavy atom. The van der Waals surface area contributed by atoms with Gasteiger partial charge in [-0.3, -0.25) is 9.59 Å². The van der Waals surface area contributed by atoms with E-state index in [1.54, 1.807) is 17.0 Å². The zero-order chi connectivity index (χ0) is 20.0. The summed E-state index contributed by atoms with van der Waals surface area (Å²) < 4.78 is 10.9. The molecule has 1 amide bonds. The summed E-state index contributed by atoms with van der Waals surface area (Å²) in [6.45, 7) is 9.23. The van der Waals surface area contributed by atoms with Crippen LogP contribution in [0.4, 0.5) is 0 Å². The van der Waals surface area contributed by atoms with Gasteiger partial charge >= 0.3 is 5.97 Å². The van der Waals surface area contributed by atoms with Crippen molar-refractivity contribution in [2.24, 2.45) is 0 Å². The Kier molecular flexibility index (Phi) is 7.25. The summed E-state index contributed by atoms with van der Waals surface area (Å²) in [5.74, 6) is -0.230. The quantitative estimate of drug-likeness (QED) is 0.556. The van der Waals surface area contributed by atoms with E-state index in [1.807, 2.05) is 27.7 Å². The average Bonchev–Trinajstić information content (AvgIpc) is 2.56. The second kappa shape index (κ2) is 9.22. The molecule has 0 saturated carbocycles. The molecular weight excluding hydrogens is 346 g/mol. The van der Waals surface area contributed by atoms with E-state index in [4.69, 9.17) is 9.47 Å².